The van der Waals surface area contributed by atoms with Gasteiger partial charge in [-0.3, -0.25) is 19.6 Å². The van der Waals surface area contributed by atoms with Gasteiger partial charge in [0.1, 0.15) is 5.78 Å². The Kier molecular flexibility index (Phi) is 7.12. The first kappa shape index (κ1) is 22.1. The van der Waals surface area contributed by atoms with Crippen LogP contribution in [0.2, 0.25) is 0 Å². The van der Waals surface area contributed by atoms with Gasteiger partial charge in [-0.2, -0.15) is 0 Å². The highest BCUT2D eigenvalue weighted by Crippen LogP contribution is 2.26. The molecule has 0 spiro atoms. The van der Waals surface area contributed by atoms with Crippen molar-refractivity contribution in [1.82, 2.24) is 19.9 Å². The van der Waals surface area contributed by atoms with Crippen LogP contribution in [-0.2, 0) is 22.6 Å². The van der Waals surface area contributed by atoms with E-state index >= 15 is 0 Å². The Bertz CT molecular complexity index is 1120. The third-order valence-electron chi connectivity index (χ3n) is 5.00. The number of fused-ring (bicyclic) bond motifs is 1. The highest BCUT2D eigenvalue weighted by atomic mass is 16.4. The molecule has 0 fully saturated rings. The minimum atomic E-state index is -1.02. The molecule has 0 aliphatic carbocycles. The summed E-state index contributed by atoms with van der Waals surface area (Å²) in [5, 5.41) is 13.0. The van der Waals surface area contributed by atoms with E-state index in [1.807, 2.05) is 6.07 Å². The van der Waals surface area contributed by atoms with Gasteiger partial charge in [-0.15, -0.1) is 0 Å². The topological polar surface area (TPSA) is 114 Å². The molecule has 8 nitrogen and oxygen atoms in total. The van der Waals surface area contributed by atoms with Gasteiger partial charge >= 0.3 is 5.97 Å². The fourth-order valence-electron chi connectivity index (χ4n) is 3.46. The van der Waals surface area contributed by atoms with E-state index in [1.54, 1.807) is 6.20 Å². The summed E-state index contributed by atoms with van der Waals surface area (Å²) in [5.41, 5.74) is 3.34. The number of hydrogen-bond acceptors (Lipinski definition) is 5. The second kappa shape index (κ2) is 9.97. The molecular weight excluding hydrogens is 396 g/mol. The zero-order valence-corrected chi connectivity index (χ0v) is 17.7. The normalized spacial score (nSPS) is 10.9. The number of carbonyl (C=O) groups excluding carboxylic acids is 2. The van der Waals surface area contributed by atoms with E-state index in [1.165, 1.54) is 30.8 Å². The van der Waals surface area contributed by atoms with Crippen molar-refractivity contribution in [1.29, 1.82) is 0 Å². The standard InChI is InChI=1S/C23H26N4O4/c1-3-4-5-17-14-27(9-8-25-22(29)10-15(2)28)21-12-20(26-13-18(17)21)19-11-16(23(30)31)6-7-24-19/h6-7,11-14H,3-5,8-10H2,1-2H3,(H,25,29)(H,30,31). The van der Waals surface area contributed by atoms with Crippen LogP contribution in [0.15, 0.2) is 36.8 Å². The molecule has 3 rings (SSSR count). The van der Waals surface area contributed by atoms with Crippen molar-refractivity contribution in [2.45, 2.75) is 46.1 Å². The average molecular weight is 422 g/mol. The van der Waals surface area contributed by atoms with Gasteiger partial charge in [-0.05, 0) is 43.5 Å². The summed E-state index contributed by atoms with van der Waals surface area (Å²) in [6, 6.07) is 4.85. The molecule has 0 saturated carbocycles. The van der Waals surface area contributed by atoms with Crippen LogP contribution in [0.5, 0.6) is 0 Å². The molecule has 3 aromatic rings. The Balaban J connectivity index is 1.91. The first-order valence-electron chi connectivity index (χ1n) is 10.3. The highest BCUT2D eigenvalue weighted by Gasteiger charge is 2.13. The zero-order valence-electron chi connectivity index (χ0n) is 17.7. The number of aryl methyl sites for hydroxylation is 1. The first-order valence-corrected chi connectivity index (χ1v) is 10.3. The molecule has 0 aliphatic heterocycles. The van der Waals surface area contributed by atoms with Crippen molar-refractivity contribution in [3.05, 3.63) is 47.9 Å². The Labute approximate surface area is 180 Å². The van der Waals surface area contributed by atoms with Crippen LogP contribution < -0.4 is 5.32 Å². The molecule has 0 bridgehead atoms. The largest absolute Gasteiger partial charge is 0.478 e. The van der Waals surface area contributed by atoms with Gasteiger partial charge in [0.15, 0.2) is 0 Å². The number of carboxylic acid groups (broad SMARTS) is 1. The maximum Gasteiger partial charge on any atom is 0.335 e. The lowest BCUT2D eigenvalue weighted by Crippen LogP contribution is -2.28. The van der Waals surface area contributed by atoms with Gasteiger partial charge < -0.3 is 15.0 Å². The highest BCUT2D eigenvalue weighted by molar-refractivity contribution is 5.96. The summed E-state index contributed by atoms with van der Waals surface area (Å²) in [6.07, 6.45) is 8.27. The number of hydrogen-bond donors (Lipinski definition) is 2. The van der Waals surface area contributed by atoms with E-state index < -0.39 is 5.97 Å². The molecule has 31 heavy (non-hydrogen) atoms. The van der Waals surface area contributed by atoms with Crippen LogP contribution in [0.25, 0.3) is 22.3 Å². The lowest BCUT2D eigenvalue weighted by molar-refractivity contribution is -0.127. The van der Waals surface area contributed by atoms with Crippen molar-refractivity contribution in [3.8, 4) is 11.4 Å². The van der Waals surface area contributed by atoms with Gasteiger partial charge in [-0.25, -0.2) is 4.79 Å². The molecule has 0 aliphatic rings. The van der Waals surface area contributed by atoms with E-state index in [0.717, 1.165) is 30.2 Å². The third kappa shape index (κ3) is 5.53. The molecule has 0 atom stereocenters. The van der Waals surface area contributed by atoms with Crippen LogP contribution in [-0.4, -0.2) is 43.8 Å². The average Bonchev–Trinajstić information content (AvgIpc) is 3.08. The number of carboxylic acids is 1. The predicted molar refractivity (Wildman–Crippen MR) is 117 cm³/mol. The van der Waals surface area contributed by atoms with Crippen molar-refractivity contribution in [2.24, 2.45) is 0 Å². The molecule has 162 valence electrons. The first-order chi connectivity index (χ1) is 14.9. The molecule has 0 saturated heterocycles. The SMILES string of the molecule is CCCCc1cn(CCNC(=O)CC(C)=O)c2cc(-c3cc(C(=O)O)ccn3)ncc12. The summed E-state index contributed by atoms with van der Waals surface area (Å²) >= 11 is 0. The zero-order chi connectivity index (χ0) is 22.4. The molecule has 3 heterocycles. The Morgan fingerprint density at radius 3 is 2.65 bits per heavy atom. The number of ketones is 1. The summed E-state index contributed by atoms with van der Waals surface area (Å²) in [6.45, 7) is 4.47. The number of unbranched alkanes of at least 4 members (excludes halogenated alkanes) is 1. The smallest absolute Gasteiger partial charge is 0.335 e. The number of Topliss-reactive ketones (excluding diaryl/α,β-unsaturated/α-hetero) is 1. The van der Waals surface area contributed by atoms with Gasteiger partial charge in [0.25, 0.3) is 0 Å². The van der Waals surface area contributed by atoms with Crippen molar-refractivity contribution in [3.63, 3.8) is 0 Å². The van der Waals surface area contributed by atoms with Crippen LogP contribution in [0.4, 0.5) is 0 Å². The maximum atomic E-state index is 11.8. The number of nitrogens with zero attached hydrogens (tertiary/aromatic N) is 3. The number of aromatic carboxylic acids is 1. The van der Waals surface area contributed by atoms with Crippen LogP contribution in [0.1, 0.15) is 49.0 Å². The summed E-state index contributed by atoms with van der Waals surface area (Å²) in [7, 11) is 0. The van der Waals surface area contributed by atoms with Crippen molar-refractivity contribution < 1.29 is 19.5 Å². The van der Waals surface area contributed by atoms with Crippen molar-refractivity contribution in [2.75, 3.05) is 6.54 Å². The third-order valence-corrected chi connectivity index (χ3v) is 5.00. The van der Waals surface area contributed by atoms with Gasteiger partial charge in [0.05, 0.1) is 28.9 Å². The molecule has 1 amide bonds. The van der Waals surface area contributed by atoms with E-state index in [-0.39, 0.29) is 23.7 Å². The Morgan fingerprint density at radius 1 is 1.16 bits per heavy atom. The number of carbonyl (C=O) groups is 3. The second-order valence-electron chi connectivity index (χ2n) is 7.50. The lowest BCUT2D eigenvalue weighted by atomic mass is 10.1. The number of pyridine rings is 2. The lowest BCUT2D eigenvalue weighted by Gasteiger charge is -2.08. The summed E-state index contributed by atoms with van der Waals surface area (Å²) in [4.78, 5) is 42.9. The van der Waals surface area contributed by atoms with Gasteiger partial charge in [0, 0.05) is 37.1 Å². The fourth-order valence-corrected chi connectivity index (χ4v) is 3.46. The maximum absolute atomic E-state index is 11.8. The monoisotopic (exact) mass is 422 g/mol. The number of rotatable bonds is 10. The molecular formula is C23H26N4O4. The molecule has 8 heteroatoms. The summed E-state index contributed by atoms with van der Waals surface area (Å²) < 4.78 is 2.06. The van der Waals surface area contributed by atoms with Crippen molar-refractivity contribution >= 4 is 28.6 Å². The molecule has 0 radical (unpaired) electrons. The molecule has 0 unspecified atom stereocenters. The number of amides is 1. The van der Waals surface area contributed by atoms with Crippen LogP contribution in [0, 0.1) is 0 Å². The molecule has 3 aromatic heterocycles. The minimum absolute atomic E-state index is 0.117. The van der Waals surface area contributed by atoms with E-state index in [4.69, 9.17) is 0 Å². The van der Waals surface area contributed by atoms with E-state index in [9.17, 15) is 19.5 Å². The van der Waals surface area contributed by atoms with Gasteiger partial charge in [0.2, 0.25) is 5.91 Å². The minimum Gasteiger partial charge on any atom is -0.478 e. The van der Waals surface area contributed by atoms with E-state index in [2.05, 4.69) is 33.0 Å². The Morgan fingerprint density at radius 2 is 1.94 bits per heavy atom. The molecule has 2 N–H and O–H groups in total. The predicted octanol–water partition coefficient (Wildman–Crippen LogP) is 3.23. The van der Waals surface area contributed by atoms with Gasteiger partial charge in [-0.1, -0.05) is 13.3 Å². The summed E-state index contributed by atoms with van der Waals surface area (Å²) in [5.74, 6) is -1.47. The van der Waals surface area contributed by atoms with E-state index in [0.29, 0.717) is 24.5 Å². The quantitative estimate of drug-likeness (QED) is 0.485. The van der Waals surface area contributed by atoms with Crippen LogP contribution in [0.3, 0.4) is 0 Å². The Hall–Kier alpha value is -3.55. The van der Waals surface area contributed by atoms with Crippen LogP contribution >= 0.6 is 0 Å². The molecule has 0 aromatic carbocycles. The number of aromatic nitrogens is 3. The fraction of sp³-hybridized carbons (Fsp3) is 0.348. The second-order valence-corrected chi connectivity index (χ2v) is 7.50. The number of nitrogens with one attached hydrogen (secondary N) is 1.